The molecular weight excluding hydrogens is 384 g/mol. The zero-order valence-electron chi connectivity index (χ0n) is 17.7. The van der Waals surface area contributed by atoms with Gasteiger partial charge >= 0.3 is 0 Å². The van der Waals surface area contributed by atoms with Gasteiger partial charge in [-0.3, -0.25) is 9.59 Å². The predicted molar refractivity (Wildman–Crippen MR) is 115 cm³/mol. The highest BCUT2D eigenvalue weighted by Gasteiger charge is 2.19. The number of carbonyl (C=O) groups excluding carboxylic acids is 1. The summed E-state index contributed by atoms with van der Waals surface area (Å²) in [4.78, 5) is 33.1. The van der Waals surface area contributed by atoms with Gasteiger partial charge in [0.15, 0.2) is 0 Å². The molecule has 1 N–H and O–H groups in total. The molecule has 0 saturated heterocycles. The molecule has 1 amide bonds. The molecule has 0 aliphatic carbocycles. The molecule has 30 heavy (non-hydrogen) atoms. The number of nitrogens with one attached hydrogen (secondary N) is 1. The summed E-state index contributed by atoms with van der Waals surface area (Å²) in [6.45, 7) is 7.39. The second kappa shape index (κ2) is 8.36. The highest BCUT2D eigenvalue weighted by Crippen LogP contribution is 2.39. The Kier molecular flexibility index (Phi) is 5.86. The van der Waals surface area contributed by atoms with Crippen LogP contribution < -0.4 is 20.3 Å². The number of ether oxygens (including phenoxy) is 2. The standard InChI is InChI=1S/C22H24N4O4/c1-7-19(27)24-11-18-23-10-14-8-15(26(4)22(28)21(14)25-18)20-12(2)16(29-5)9-17(30-6)13(20)3/h7-10H,1,11H2,2-6H3,(H,24,27). The molecular formula is C22H24N4O4. The van der Waals surface area contributed by atoms with E-state index in [0.717, 1.165) is 16.7 Å². The number of rotatable bonds is 6. The topological polar surface area (TPSA) is 95.3 Å². The number of hydrogen-bond acceptors (Lipinski definition) is 6. The maximum absolute atomic E-state index is 13.1. The summed E-state index contributed by atoms with van der Waals surface area (Å²) >= 11 is 0. The van der Waals surface area contributed by atoms with Crippen LogP contribution in [-0.2, 0) is 18.4 Å². The second-order valence-electron chi connectivity index (χ2n) is 6.81. The van der Waals surface area contributed by atoms with Gasteiger partial charge in [-0.2, -0.15) is 0 Å². The van der Waals surface area contributed by atoms with E-state index in [-0.39, 0.29) is 23.5 Å². The second-order valence-corrected chi connectivity index (χ2v) is 6.81. The lowest BCUT2D eigenvalue weighted by molar-refractivity contribution is -0.116. The van der Waals surface area contributed by atoms with Gasteiger partial charge in [0.25, 0.3) is 5.56 Å². The third-order valence-corrected chi connectivity index (χ3v) is 5.08. The molecule has 8 nitrogen and oxygen atoms in total. The highest BCUT2D eigenvalue weighted by atomic mass is 16.5. The van der Waals surface area contributed by atoms with Gasteiger partial charge in [0.1, 0.15) is 22.8 Å². The maximum Gasteiger partial charge on any atom is 0.277 e. The van der Waals surface area contributed by atoms with Crippen LogP contribution in [0.5, 0.6) is 11.5 Å². The summed E-state index contributed by atoms with van der Waals surface area (Å²) in [7, 11) is 4.89. The van der Waals surface area contributed by atoms with Crippen molar-refractivity contribution in [1.29, 1.82) is 0 Å². The number of nitrogens with zero attached hydrogens (tertiary/aromatic N) is 3. The lowest BCUT2D eigenvalue weighted by Gasteiger charge is -2.19. The zero-order valence-corrected chi connectivity index (χ0v) is 17.7. The van der Waals surface area contributed by atoms with Crippen LogP contribution in [0.1, 0.15) is 17.0 Å². The fourth-order valence-electron chi connectivity index (χ4n) is 3.45. The monoisotopic (exact) mass is 408 g/mol. The molecule has 2 heterocycles. The van der Waals surface area contributed by atoms with Crippen molar-refractivity contribution >= 4 is 16.8 Å². The van der Waals surface area contributed by atoms with Crippen LogP contribution in [0, 0.1) is 13.8 Å². The number of pyridine rings is 1. The average Bonchev–Trinajstić information content (AvgIpc) is 2.75. The minimum Gasteiger partial charge on any atom is -0.496 e. The van der Waals surface area contributed by atoms with Gasteiger partial charge in [0.05, 0.1) is 26.5 Å². The highest BCUT2D eigenvalue weighted by molar-refractivity contribution is 5.87. The van der Waals surface area contributed by atoms with Gasteiger partial charge in [0, 0.05) is 41.4 Å². The van der Waals surface area contributed by atoms with E-state index in [2.05, 4.69) is 21.9 Å². The quantitative estimate of drug-likeness (QED) is 0.630. The van der Waals surface area contributed by atoms with Crippen molar-refractivity contribution in [2.45, 2.75) is 20.4 Å². The fraction of sp³-hybridized carbons (Fsp3) is 0.273. The molecule has 0 saturated carbocycles. The number of hydrogen-bond donors (Lipinski definition) is 1. The van der Waals surface area contributed by atoms with Gasteiger partial charge in [-0.1, -0.05) is 6.58 Å². The molecule has 0 fully saturated rings. The van der Waals surface area contributed by atoms with E-state index in [9.17, 15) is 9.59 Å². The van der Waals surface area contributed by atoms with Crippen LogP contribution in [0.3, 0.4) is 0 Å². The number of aromatic nitrogens is 3. The molecule has 3 aromatic rings. The average molecular weight is 408 g/mol. The Morgan fingerprint density at radius 1 is 1.20 bits per heavy atom. The van der Waals surface area contributed by atoms with Crippen LogP contribution in [0.15, 0.2) is 35.8 Å². The first-order valence-corrected chi connectivity index (χ1v) is 9.30. The molecule has 0 aliphatic rings. The number of fused-ring (bicyclic) bond motifs is 1. The normalized spacial score (nSPS) is 10.7. The maximum atomic E-state index is 13.1. The summed E-state index contributed by atoms with van der Waals surface area (Å²) in [5, 5.41) is 3.21. The summed E-state index contributed by atoms with van der Waals surface area (Å²) < 4.78 is 12.6. The number of benzene rings is 1. The van der Waals surface area contributed by atoms with Gasteiger partial charge in [-0.25, -0.2) is 9.97 Å². The first-order chi connectivity index (χ1) is 14.3. The minimum absolute atomic E-state index is 0.108. The van der Waals surface area contributed by atoms with E-state index >= 15 is 0 Å². The van der Waals surface area contributed by atoms with Crippen LogP contribution in [0.4, 0.5) is 0 Å². The van der Waals surface area contributed by atoms with E-state index in [1.165, 1.54) is 6.08 Å². The molecule has 0 radical (unpaired) electrons. The fourth-order valence-corrected chi connectivity index (χ4v) is 3.45. The molecule has 1 aromatic carbocycles. The zero-order chi connectivity index (χ0) is 22.0. The van der Waals surface area contributed by atoms with E-state index in [0.29, 0.717) is 28.4 Å². The van der Waals surface area contributed by atoms with Crippen molar-refractivity contribution in [3.8, 4) is 22.8 Å². The first kappa shape index (κ1) is 21.0. The van der Waals surface area contributed by atoms with E-state index in [1.54, 1.807) is 32.0 Å². The summed E-state index contributed by atoms with van der Waals surface area (Å²) in [6.07, 6.45) is 2.75. The molecule has 0 unspecified atom stereocenters. The summed E-state index contributed by atoms with van der Waals surface area (Å²) in [5.74, 6) is 1.35. The van der Waals surface area contributed by atoms with E-state index < -0.39 is 0 Å². The Morgan fingerprint density at radius 3 is 2.40 bits per heavy atom. The SMILES string of the molecule is C=CC(=O)NCc1ncc2cc(-c3c(C)c(OC)cc(OC)c3C)n(C)c(=O)c2n1. The summed E-state index contributed by atoms with van der Waals surface area (Å²) in [5.41, 5.74) is 3.38. The molecule has 3 rings (SSSR count). The summed E-state index contributed by atoms with van der Waals surface area (Å²) in [6, 6.07) is 3.71. The van der Waals surface area contributed by atoms with E-state index in [4.69, 9.17) is 9.47 Å². The van der Waals surface area contributed by atoms with Crippen molar-refractivity contribution in [2.24, 2.45) is 7.05 Å². The lowest BCUT2D eigenvalue weighted by Crippen LogP contribution is -2.24. The largest absolute Gasteiger partial charge is 0.496 e. The third-order valence-electron chi connectivity index (χ3n) is 5.08. The van der Waals surface area contributed by atoms with Gasteiger partial charge in [0.2, 0.25) is 5.91 Å². The van der Waals surface area contributed by atoms with Crippen LogP contribution >= 0.6 is 0 Å². The first-order valence-electron chi connectivity index (χ1n) is 9.30. The lowest BCUT2D eigenvalue weighted by atomic mass is 9.96. The molecule has 0 bridgehead atoms. The van der Waals surface area contributed by atoms with Crippen molar-refractivity contribution in [1.82, 2.24) is 19.9 Å². The van der Waals surface area contributed by atoms with E-state index in [1.807, 2.05) is 26.0 Å². The molecule has 156 valence electrons. The molecule has 0 spiro atoms. The van der Waals surface area contributed by atoms with Crippen LogP contribution in [0.25, 0.3) is 22.2 Å². The number of amides is 1. The van der Waals surface area contributed by atoms with Crippen LogP contribution in [-0.4, -0.2) is 34.7 Å². The Morgan fingerprint density at radius 2 is 1.83 bits per heavy atom. The molecule has 0 aliphatic heterocycles. The van der Waals surface area contributed by atoms with Crippen molar-refractivity contribution in [2.75, 3.05) is 14.2 Å². The Bertz CT molecular complexity index is 1190. The molecule has 8 heteroatoms. The Balaban J connectivity index is 2.20. The predicted octanol–water partition coefficient (Wildman–Crippen LogP) is 2.43. The van der Waals surface area contributed by atoms with Gasteiger partial charge < -0.3 is 19.4 Å². The number of carbonyl (C=O) groups is 1. The van der Waals surface area contributed by atoms with Gasteiger partial charge in [-0.15, -0.1) is 0 Å². The molecule has 0 atom stereocenters. The minimum atomic E-state index is -0.333. The van der Waals surface area contributed by atoms with Crippen molar-refractivity contribution < 1.29 is 14.3 Å². The van der Waals surface area contributed by atoms with Crippen LogP contribution in [0.2, 0.25) is 0 Å². The smallest absolute Gasteiger partial charge is 0.277 e. The molecule has 2 aromatic heterocycles. The van der Waals surface area contributed by atoms with Crippen molar-refractivity contribution in [3.63, 3.8) is 0 Å². The van der Waals surface area contributed by atoms with Crippen molar-refractivity contribution in [3.05, 3.63) is 58.3 Å². The third kappa shape index (κ3) is 3.63. The Labute approximate surface area is 174 Å². The Hall–Kier alpha value is -3.68. The van der Waals surface area contributed by atoms with Gasteiger partial charge in [-0.05, 0) is 26.0 Å². The number of methoxy groups -OCH3 is 2.